The maximum atomic E-state index is 12.4. The van der Waals surface area contributed by atoms with E-state index < -0.39 is 4.92 Å². The normalized spacial score (nSPS) is 10.7. The van der Waals surface area contributed by atoms with Gasteiger partial charge in [-0.2, -0.15) is 0 Å². The number of carbonyl (C=O) groups is 1. The number of hydrogen-bond donors (Lipinski definition) is 0. The summed E-state index contributed by atoms with van der Waals surface area (Å²) in [6, 6.07) is 3.09. The van der Waals surface area contributed by atoms with Crippen molar-refractivity contribution in [3.05, 3.63) is 27.1 Å². The van der Waals surface area contributed by atoms with Crippen LogP contribution in [0.3, 0.4) is 0 Å². The van der Waals surface area contributed by atoms with Crippen LogP contribution in [0.4, 0.5) is 5.00 Å². The second-order valence-corrected chi connectivity index (χ2v) is 5.91. The molecule has 0 spiro atoms. The summed E-state index contributed by atoms with van der Waals surface area (Å²) in [4.78, 5) is 24.8. The number of nitro groups is 1. The lowest BCUT2D eigenvalue weighted by atomic mass is 10.1. The Morgan fingerprint density at radius 2 is 2.11 bits per heavy atom. The van der Waals surface area contributed by atoms with Crippen LogP contribution in [0, 0.1) is 10.1 Å². The molecule has 0 N–H and O–H groups in total. The number of rotatable bonds is 7. The van der Waals surface area contributed by atoms with E-state index in [1.807, 2.05) is 13.8 Å². The zero-order valence-corrected chi connectivity index (χ0v) is 13.4. The average Bonchev–Trinajstić information content (AvgIpc) is 2.88. The summed E-state index contributed by atoms with van der Waals surface area (Å²) < 4.78 is 0. The Bertz CT molecular complexity index is 446. The fraction of sp³-hybridized carbons (Fsp3) is 0.583. The first-order chi connectivity index (χ1) is 9.04. The van der Waals surface area contributed by atoms with Crippen molar-refractivity contribution in [1.82, 2.24) is 4.90 Å². The molecular formula is C12H17BrN2O3S. The van der Waals surface area contributed by atoms with Crippen LogP contribution < -0.4 is 0 Å². The molecule has 0 saturated heterocycles. The molecule has 0 aliphatic rings. The van der Waals surface area contributed by atoms with Gasteiger partial charge in [0.2, 0.25) is 0 Å². The minimum absolute atomic E-state index is 0.00619. The third-order valence-electron chi connectivity index (χ3n) is 2.95. The zero-order chi connectivity index (χ0) is 14.4. The molecule has 0 aromatic carbocycles. The monoisotopic (exact) mass is 348 g/mol. The summed E-state index contributed by atoms with van der Waals surface area (Å²) in [7, 11) is 0. The summed E-state index contributed by atoms with van der Waals surface area (Å²) in [6.07, 6.45) is 1.76. The van der Waals surface area contributed by atoms with Crippen molar-refractivity contribution in [2.75, 3.05) is 11.9 Å². The highest BCUT2D eigenvalue weighted by atomic mass is 79.9. The lowest BCUT2D eigenvalue weighted by Gasteiger charge is -2.29. The van der Waals surface area contributed by atoms with E-state index in [9.17, 15) is 14.9 Å². The average molecular weight is 349 g/mol. The van der Waals surface area contributed by atoms with Gasteiger partial charge in [-0.3, -0.25) is 14.9 Å². The van der Waals surface area contributed by atoms with Crippen molar-refractivity contribution >= 4 is 38.2 Å². The van der Waals surface area contributed by atoms with Gasteiger partial charge >= 0.3 is 5.00 Å². The molecule has 0 aliphatic carbocycles. The molecule has 0 aliphatic heterocycles. The van der Waals surface area contributed by atoms with Crippen molar-refractivity contribution in [2.24, 2.45) is 0 Å². The molecule has 1 heterocycles. The fourth-order valence-electron chi connectivity index (χ4n) is 1.95. The van der Waals surface area contributed by atoms with E-state index in [4.69, 9.17) is 0 Å². The Morgan fingerprint density at radius 1 is 1.47 bits per heavy atom. The van der Waals surface area contributed by atoms with E-state index in [0.717, 1.165) is 24.2 Å². The van der Waals surface area contributed by atoms with Gasteiger partial charge in [0, 0.05) is 24.0 Å². The third-order valence-corrected chi connectivity index (χ3v) is 4.33. The molecule has 0 radical (unpaired) electrons. The topological polar surface area (TPSA) is 63.5 Å². The summed E-state index contributed by atoms with van der Waals surface area (Å²) in [5.74, 6) is -0.119. The Morgan fingerprint density at radius 3 is 2.53 bits per heavy atom. The van der Waals surface area contributed by atoms with Crippen molar-refractivity contribution in [3.8, 4) is 0 Å². The third kappa shape index (κ3) is 4.01. The van der Waals surface area contributed by atoms with E-state index in [-0.39, 0.29) is 17.0 Å². The van der Waals surface area contributed by atoms with Crippen LogP contribution in [0.15, 0.2) is 12.1 Å². The van der Waals surface area contributed by atoms with E-state index >= 15 is 0 Å². The second-order valence-electron chi connectivity index (χ2n) is 4.05. The molecule has 0 atom stereocenters. The van der Waals surface area contributed by atoms with Crippen LogP contribution in [0.25, 0.3) is 0 Å². The van der Waals surface area contributed by atoms with Crippen LogP contribution in [0.5, 0.6) is 0 Å². The van der Waals surface area contributed by atoms with Gasteiger partial charge in [-0.15, -0.1) is 0 Å². The highest BCUT2D eigenvalue weighted by Crippen LogP contribution is 2.26. The minimum atomic E-state index is -0.465. The number of halogens is 1. The molecule has 1 aromatic rings. The van der Waals surface area contributed by atoms with Crippen LogP contribution in [0.2, 0.25) is 0 Å². The molecule has 0 unspecified atom stereocenters. The van der Waals surface area contributed by atoms with E-state index in [1.165, 1.54) is 12.1 Å². The first-order valence-corrected chi connectivity index (χ1v) is 8.10. The minimum Gasteiger partial charge on any atom is -0.334 e. The highest BCUT2D eigenvalue weighted by Gasteiger charge is 2.24. The number of amides is 1. The zero-order valence-electron chi connectivity index (χ0n) is 11.0. The van der Waals surface area contributed by atoms with Gasteiger partial charge in [-0.1, -0.05) is 41.1 Å². The molecule has 1 aromatic heterocycles. The molecular weight excluding hydrogens is 332 g/mol. The van der Waals surface area contributed by atoms with Crippen LogP contribution in [0.1, 0.15) is 36.4 Å². The van der Waals surface area contributed by atoms with E-state index in [0.29, 0.717) is 16.8 Å². The summed E-state index contributed by atoms with van der Waals surface area (Å²) in [5.41, 5.74) is 0. The fourth-order valence-corrected chi connectivity index (χ4v) is 3.11. The van der Waals surface area contributed by atoms with Crippen molar-refractivity contribution in [3.63, 3.8) is 0 Å². The SMILES string of the molecule is CCC(CC)N(CCBr)C(=O)c1ccc([N+](=O)[O-])s1. The van der Waals surface area contributed by atoms with Crippen molar-refractivity contribution in [1.29, 1.82) is 0 Å². The van der Waals surface area contributed by atoms with Crippen molar-refractivity contribution in [2.45, 2.75) is 32.7 Å². The van der Waals surface area contributed by atoms with Gasteiger partial charge in [-0.25, -0.2) is 0 Å². The largest absolute Gasteiger partial charge is 0.334 e. The Hall–Kier alpha value is -0.950. The van der Waals surface area contributed by atoms with Gasteiger partial charge in [-0.05, 0) is 18.9 Å². The quantitative estimate of drug-likeness (QED) is 0.428. The summed E-state index contributed by atoms with van der Waals surface area (Å²) in [5, 5.41) is 11.4. The smallest absolute Gasteiger partial charge is 0.324 e. The lowest BCUT2D eigenvalue weighted by molar-refractivity contribution is -0.380. The summed E-state index contributed by atoms with van der Waals surface area (Å²) in [6.45, 7) is 4.69. The molecule has 106 valence electrons. The first kappa shape index (κ1) is 16.1. The Kier molecular flexibility index (Phi) is 6.44. The van der Waals surface area contributed by atoms with Gasteiger partial charge in [0.05, 0.1) is 9.80 Å². The van der Waals surface area contributed by atoms with Gasteiger partial charge in [0.25, 0.3) is 5.91 Å². The van der Waals surface area contributed by atoms with Gasteiger partial charge in [0.15, 0.2) is 0 Å². The molecule has 1 rings (SSSR count). The van der Waals surface area contributed by atoms with Crippen LogP contribution >= 0.6 is 27.3 Å². The number of hydrogen-bond acceptors (Lipinski definition) is 4. The lowest BCUT2D eigenvalue weighted by Crippen LogP contribution is -2.40. The van der Waals surface area contributed by atoms with Crippen molar-refractivity contribution < 1.29 is 9.72 Å². The number of thiophene rings is 1. The Balaban J connectivity index is 2.94. The number of nitrogens with zero attached hydrogens (tertiary/aromatic N) is 2. The molecule has 0 bridgehead atoms. The predicted octanol–water partition coefficient (Wildman–Crippen LogP) is 3.68. The van der Waals surface area contributed by atoms with Gasteiger partial charge < -0.3 is 4.90 Å². The Labute approximate surface area is 124 Å². The van der Waals surface area contributed by atoms with Crippen LogP contribution in [-0.2, 0) is 0 Å². The standard InChI is InChI=1S/C12H17BrN2O3S/c1-3-9(4-2)14(8-7-13)12(16)10-5-6-11(19-10)15(17)18/h5-6,9H,3-4,7-8H2,1-2H3. The van der Waals surface area contributed by atoms with E-state index in [2.05, 4.69) is 15.9 Å². The molecule has 1 amide bonds. The molecule has 5 nitrogen and oxygen atoms in total. The number of carbonyl (C=O) groups excluding carboxylic acids is 1. The van der Waals surface area contributed by atoms with Gasteiger partial charge in [0.1, 0.15) is 0 Å². The summed E-state index contributed by atoms with van der Waals surface area (Å²) >= 11 is 4.28. The van der Waals surface area contributed by atoms with Crippen LogP contribution in [-0.4, -0.2) is 33.6 Å². The highest BCUT2D eigenvalue weighted by molar-refractivity contribution is 9.09. The van der Waals surface area contributed by atoms with E-state index in [1.54, 1.807) is 4.90 Å². The second kappa shape index (κ2) is 7.59. The predicted molar refractivity (Wildman–Crippen MR) is 80.2 cm³/mol. The molecule has 0 saturated carbocycles. The maximum Gasteiger partial charge on any atom is 0.324 e. The molecule has 19 heavy (non-hydrogen) atoms. The number of alkyl halides is 1. The molecule has 7 heteroatoms. The molecule has 0 fully saturated rings. The first-order valence-electron chi connectivity index (χ1n) is 6.16. The maximum absolute atomic E-state index is 12.4.